The minimum atomic E-state index is -0.0449. The zero-order valence-corrected chi connectivity index (χ0v) is 32.7. The van der Waals surface area contributed by atoms with Gasteiger partial charge in [0.15, 0.2) is 5.78 Å². The molecule has 1 heterocycles. The van der Waals surface area contributed by atoms with Gasteiger partial charge in [0.05, 0.1) is 11.3 Å². The molecule has 0 atom stereocenters. The first kappa shape index (κ1) is 38.0. The zero-order chi connectivity index (χ0) is 34.6. The minimum absolute atomic E-state index is 0. The van der Waals surface area contributed by atoms with E-state index in [-0.39, 0.29) is 48.9 Å². The van der Waals surface area contributed by atoms with Crippen LogP contribution in [0.25, 0.3) is 44.4 Å². The van der Waals surface area contributed by atoms with Crippen LogP contribution in [0.4, 0.5) is 0 Å². The Morgan fingerprint density at radius 2 is 1.45 bits per heavy atom. The average Bonchev–Trinajstić information content (AvgIpc) is 3.30. The fourth-order valence-corrected chi connectivity index (χ4v) is 7.12. The molecular formula is C45H50IrNO2-. The number of hydrogen-bond acceptors (Lipinski definition) is 3. The molecule has 1 aromatic heterocycles. The van der Waals surface area contributed by atoms with Crippen molar-refractivity contribution >= 4 is 16.7 Å². The third-order valence-corrected chi connectivity index (χ3v) is 10.2. The molecule has 0 unspecified atom stereocenters. The van der Waals surface area contributed by atoms with Crippen LogP contribution in [0.1, 0.15) is 89.5 Å². The Morgan fingerprint density at radius 1 is 0.776 bits per heavy atom. The van der Waals surface area contributed by atoms with Gasteiger partial charge in [-0.3, -0.25) is 9.78 Å². The quantitative estimate of drug-likeness (QED) is 0.0915. The molecule has 1 N–H and O–H groups in total. The van der Waals surface area contributed by atoms with E-state index in [0.29, 0.717) is 0 Å². The van der Waals surface area contributed by atoms with E-state index in [4.69, 9.17) is 4.98 Å². The molecule has 4 heteroatoms. The number of fused-ring (bicyclic) bond motifs is 4. The first-order chi connectivity index (χ1) is 23.0. The van der Waals surface area contributed by atoms with Crippen LogP contribution < -0.4 is 0 Å². The van der Waals surface area contributed by atoms with Crippen LogP contribution >= 0.6 is 0 Å². The number of rotatable bonds is 9. The Kier molecular flexibility index (Phi) is 12.6. The van der Waals surface area contributed by atoms with E-state index in [1.165, 1.54) is 56.0 Å². The molecular weight excluding hydrogens is 779 g/mol. The molecule has 4 aromatic carbocycles. The number of hydrogen-bond donors (Lipinski definition) is 1. The first-order valence-corrected chi connectivity index (χ1v) is 17.6. The normalized spacial score (nSPS) is 13.1. The summed E-state index contributed by atoms with van der Waals surface area (Å²) in [6.45, 7) is 17.0. The number of aliphatic hydroxyl groups is 1. The maximum atomic E-state index is 11.7. The summed E-state index contributed by atoms with van der Waals surface area (Å²) in [5.74, 6) is 0.547. The molecule has 6 rings (SSSR count). The van der Waals surface area contributed by atoms with Crippen LogP contribution in [0.5, 0.6) is 0 Å². The molecule has 49 heavy (non-hydrogen) atoms. The Morgan fingerprint density at radius 3 is 2.10 bits per heavy atom. The summed E-state index contributed by atoms with van der Waals surface area (Å²) < 4.78 is 0. The summed E-state index contributed by atoms with van der Waals surface area (Å²) >= 11 is 0. The molecule has 0 amide bonds. The second-order valence-corrected chi connectivity index (χ2v) is 13.8. The number of ketones is 1. The number of benzene rings is 4. The van der Waals surface area contributed by atoms with Gasteiger partial charge in [0.1, 0.15) is 0 Å². The number of carbonyl (C=O) groups excluding carboxylic acids is 1. The van der Waals surface area contributed by atoms with Crippen molar-refractivity contribution in [1.82, 2.24) is 4.98 Å². The molecule has 0 saturated carbocycles. The van der Waals surface area contributed by atoms with Gasteiger partial charge in [0.25, 0.3) is 0 Å². The van der Waals surface area contributed by atoms with Crippen molar-refractivity contribution in [1.29, 1.82) is 0 Å². The van der Waals surface area contributed by atoms with Gasteiger partial charge in [-0.25, -0.2) is 0 Å². The number of allylic oxidation sites excluding steroid dienone is 2. The molecule has 5 aromatic rings. The summed E-state index contributed by atoms with van der Waals surface area (Å²) in [6.07, 6.45) is 4.91. The fourth-order valence-electron chi connectivity index (χ4n) is 7.12. The molecule has 1 radical (unpaired) electrons. The van der Waals surface area contributed by atoms with Crippen molar-refractivity contribution in [3.05, 3.63) is 125 Å². The van der Waals surface area contributed by atoms with Crippen LogP contribution in [-0.4, -0.2) is 15.9 Å². The van der Waals surface area contributed by atoms with E-state index in [0.717, 1.165) is 42.5 Å². The maximum absolute atomic E-state index is 11.7. The van der Waals surface area contributed by atoms with Crippen molar-refractivity contribution in [2.75, 3.05) is 0 Å². The van der Waals surface area contributed by atoms with Crippen molar-refractivity contribution in [3.63, 3.8) is 0 Å². The summed E-state index contributed by atoms with van der Waals surface area (Å²) in [4.78, 5) is 16.9. The molecule has 0 saturated heterocycles. The number of nitrogens with zero attached hydrogens (tertiary/aromatic N) is 1. The van der Waals surface area contributed by atoms with Crippen LogP contribution in [0.3, 0.4) is 0 Å². The molecule has 0 spiro atoms. The summed E-state index contributed by atoms with van der Waals surface area (Å²) in [7, 11) is 0. The van der Waals surface area contributed by atoms with Gasteiger partial charge in [0, 0.05) is 48.8 Å². The number of aliphatic hydroxyl groups excluding tert-OH is 1. The van der Waals surface area contributed by atoms with Gasteiger partial charge in [-0.15, -0.1) is 35.4 Å². The van der Waals surface area contributed by atoms with Crippen molar-refractivity contribution in [2.24, 2.45) is 11.8 Å². The molecule has 1 aliphatic rings. The molecule has 0 aliphatic heterocycles. The van der Waals surface area contributed by atoms with Gasteiger partial charge in [0.2, 0.25) is 0 Å². The standard InChI is InChI=1S/C32H26N.C13H24O2.Ir/c1-20-9-7-11-22(15-20)25-18-30(23-12-8-10-21(2)16-23)33-31-19-29-26(17-27(25)31)24-13-5-6-14-28(24)32(29,3)4;1-5-10(6-2)12(14)9-13(15)11(7-3)8-4;/h5-11,13-19H,1-4H3;9-11,14H,5-8H2,1-4H3;/q-1;;/b;12-9-;. The summed E-state index contributed by atoms with van der Waals surface area (Å²) in [5, 5.41) is 11.0. The third kappa shape index (κ3) is 7.98. The van der Waals surface area contributed by atoms with E-state index < -0.39 is 0 Å². The van der Waals surface area contributed by atoms with Crippen molar-refractivity contribution in [3.8, 4) is 33.5 Å². The maximum Gasteiger partial charge on any atom is 0.162 e. The summed E-state index contributed by atoms with van der Waals surface area (Å²) in [6, 6.07) is 34.1. The molecule has 0 fully saturated rings. The Balaban J connectivity index is 0.000000290. The largest absolute Gasteiger partial charge is 0.512 e. The van der Waals surface area contributed by atoms with E-state index in [1.54, 1.807) is 0 Å². The molecule has 0 bridgehead atoms. The molecule has 3 nitrogen and oxygen atoms in total. The van der Waals surface area contributed by atoms with Crippen molar-refractivity contribution < 1.29 is 30.0 Å². The molecule has 1 aliphatic carbocycles. The zero-order valence-electron chi connectivity index (χ0n) is 30.3. The van der Waals surface area contributed by atoms with Crippen LogP contribution in [0.2, 0.25) is 0 Å². The average molecular weight is 829 g/mol. The second kappa shape index (κ2) is 16.2. The third-order valence-electron chi connectivity index (χ3n) is 10.2. The Bertz CT molecular complexity index is 1960. The van der Waals surface area contributed by atoms with Gasteiger partial charge in [-0.2, -0.15) is 0 Å². The fraction of sp³-hybridized carbons (Fsp3) is 0.333. The van der Waals surface area contributed by atoms with E-state index in [1.807, 2.05) is 33.8 Å². The Hall–Kier alpha value is -3.85. The van der Waals surface area contributed by atoms with E-state index in [9.17, 15) is 9.90 Å². The van der Waals surface area contributed by atoms with Crippen molar-refractivity contribution in [2.45, 2.75) is 86.5 Å². The minimum Gasteiger partial charge on any atom is -0.512 e. The van der Waals surface area contributed by atoms with E-state index in [2.05, 4.69) is 113 Å². The number of carbonyl (C=O) groups is 1. The van der Waals surface area contributed by atoms with Crippen LogP contribution in [0, 0.1) is 31.7 Å². The SMILES string of the molecule is CCC(CC)C(=O)/C=C(\O)C(CC)CC.Cc1cc[c-]c(-c2cc(-c3cccc(C)c3)c3cc4c(cc3n2)C(C)(C)c2ccccc2-4)c1.[Ir]. The predicted molar refractivity (Wildman–Crippen MR) is 202 cm³/mol. The van der Waals surface area contributed by atoms with Crippen LogP contribution in [-0.2, 0) is 30.3 Å². The molecule has 257 valence electrons. The van der Waals surface area contributed by atoms with Gasteiger partial charge in [-0.05, 0) is 83.8 Å². The number of aryl methyl sites for hydroxylation is 2. The predicted octanol–water partition coefficient (Wildman–Crippen LogP) is 12.2. The topological polar surface area (TPSA) is 50.2 Å². The van der Waals surface area contributed by atoms with E-state index >= 15 is 0 Å². The Labute approximate surface area is 307 Å². The van der Waals surface area contributed by atoms with Gasteiger partial charge >= 0.3 is 0 Å². The monoisotopic (exact) mass is 829 g/mol. The van der Waals surface area contributed by atoms with Gasteiger partial charge in [-0.1, -0.05) is 109 Å². The smallest absolute Gasteiger partial charge is 0.162 e. The van der Waals surface area contributed by atoms with Crippen LogP contribution in [0.15, 0.2) is 96.8 Å². The second-order valence-electron chi connectivity index (χ2n) is 13.8. The van der Waals surface area contributed by atoms with Gasteiger partial charge < -0.3 is 5.11 Å². The number of aromatic nitrogens is 1. The first-order valence-electron chi connectivity index (χ1n) is 17.6. The summed E-state index contributed by atoms with van der Waals surface area (Å²) in [5.41, 5.74) is 13.3. The number of pyridine rings is 1.